The first kappa shape index (κ1) is 9.44. The summed E-state index contributed by atoms with van der Waals surface area (Å²) in [5.74, 6) is 0. The van der Waals surface area contributed by atoms with E-state index in [1.807, 2.05) is 0 Å². The molecular formula is C10H5Cl2N2. The smallest absolute Gasteiger partial charge is 0.117 e. The summed E-state index contributed by atoms with van der Waals surface area (Å²) < 4.78 is 0. The Morgan fingerprint density at radius 1 is 1.14 bits per heavy atom. The van der Waals surface area contributed by atoms with E-state index in [0.717, 1.165) is 5.56 Å². The van der Waals surface area contributed by atoms with Crippen molar-refractivity contribution in [2.75, 3.05) is 0 Å². The third kappa shape index (κ3) is 1.86. The number of nitrogens with zero attached hydrogens (tertiary/aromatic N) is 2. The fraction of sp³-hybridized carbons (Fsp3) is 0. The zero-order valence-corrected chi connectivity index (χ0v) is 8.55. The van der Waals surface area contributed by atoms with E-state index in [9.17, 15) is 0 Å². The molecule has 69 valence electrons. The number of aromatic nitrogens is 2. The van der Waals surface area contributed by atoms with Gasteiger partial charge in [-0.15, -0.1) is 0 Å². The SMILES string of the molecule is Clc1ccc(-c2[c]nccn2)c(Cl)c1. The Kier molecular flexibility index (Phi) is 2.66. The molecule has 0 amide bonds. The molecule has 0 aliphatic rings. The van der Waals surface area contributed by atoms with Crippen LogP contribution in [0.1, 0.15) is 0 Å². The van der Waals surface area contributed by atoms with E-state index < -0.39 is 0 Å². The van der Waals surface area contributed by atoms with Crippen LogP contribution in [0.15, 0.2) is 30.6 Å². The van der Waals surface area contributed by atoms with Gasteiger partial charge in [-0.3, -0.25) is 9.97 Å². The van der Waals surface area contributed by atoms with Crippen LogP contribution < -0.4 is 0 Å². The molecule has 1 radical (unpaired) electrons. The molecule has 0 spiro atoms. The minimum atomic E-state index is 0.550. The fourth-order valence-electron chi connectivity index (χ4n) is 1.08. The second kappa shape index (κ2) is 3.95. The number of rotatable bonds is 1. The minimum Gasteiger partial charge on any atom is -0.252 e. The van der Waals surface area contributed by atoms with Crippen molar-refractivity contribution >= 4 is 23.2 Å². The molecule has 0 fully saturated rings. The average molecular weight is 224 g/mol. The predicted octanol–water partition coefficient (Wildman–Crippen LogP) is 3.25. The van der Waals surface area contributed by atoms with E-state index in [2.05, 4.69) is 16.2 Å². The molecule has 0 aliphatic heterocycles. The van der Waals surface area contributed by atoms with Gasteiger partial charge in [0.25, 0.3) is 0 Å². The molecule has 1 aromatic carbocycles. The Hall–Kier alpha value is -1.12. The number of benzene rings is 1. The summed E-state index contributed by atoms with van der Waals surface area (Å²) in [6.45, 7) is 0. The summed E-state index contributed by atoms with van der Waals surface area (Å²) in [5.41, 5.74) is 1.40. The number of hydrogen-bond donors (Lipinski definition) is 0. The van der Waals surface area contributed by atoms with Gasteiger partial charge < -0.3 is 0 Å². The van der Waals surface area contributed by atoms with Gasteiger partial charge in [-0.2, -0.15) is 0 Å². The van der Waals surface area contributed by atoms with Crippen molar-refractivity contribution in [1.82, 2.24) is 9.97 Å². The highest BCUT2D eigenvalue weighted by atomic mass is 35.5. The van der Waals surface area contributed by atoms with Gasteiger partial charge in [0.15, 0.2) is 0 Å². The lowest BCUT2D eigenvalue weighted by Gasteiger charge is -2.01. The first-order chi connectivity index (χ1) is 6.77. The van der Waals surface area contributed by atoms with Crippen LogP contribution in [-0.2, 0) is 0 Å². The van der Waals surface area contributed by atoms with Crippen LogP contribution in [-0.4, -0.2) is 9.97 Å². The zero-order chi connectivity index (χ0) is 9.97. The summed E-state index contributed by atoms with van der Waals surface area (Å²) >= 11 is 11.8. The van der Waals surface area contributed by atoms with E-state index >= 15 is 0 Å². The topological polar surface area (TPSA) is 25.8 Å². The standard InChI is InChI=1S/C10H5Cl2N2/c11-7-1-2-8(9(12)5-7)10-6-13-3-4-14-10/h1-5H. The molecule has 0 atom stereocenters. The van der Waals surface area contributed by atoms with Gasteiger partial charge in [0.2, 0.25) is 0 Å². The van der Waals surface area contributed by atoms with Gasteiger partial charge in [0.05, 0.1) is 10.7 Å². The van der Waals surface area contributed by atoms with Crippen LogP contribution in [0.3, 0.4) is 0 Å². The maximum Gasteiger partial charge on any atom is 0.117 e. The highest BCUT2D eigenvalue weighted by Crippen LogP contribution is 2.27. The Bertz CT molecular complexity index is 443. The maximum atomic E-state index is 5.99. The molecule has 0 aliphatic carbocycles. The van der Waals surface area contributed by atoms with Crippen molar-refractivity contribution in [3.05, 3.63) is 46.8 Å². The Morgan fingerprint density at radius 2 is 2.00 bits per heavy atom. The second-order valence-corrected chi connectivity index (χ2v) is 3.48. The first-order valence-corrected chi connectivity index (χ1v) is 4.67. The Labute approximate surface area is 91.5 Å². The highest BCUT2D eigenvalue weighted by molar-refractivity contribution is 6.36. The molecule has 2 nitrogen and oxygen atoms in total. The van der Waals surface area contributed by atoms with Gasteiger partial charge in [-0.1, -0.05) is 23.2 Å². The van der Waals surface area contributed by atoms with E-state index in [1.54, 1.807) is 30.6 Å². The van der Waals surface area contributed by atoms with Crippen molar-refractivity contribution < 1.29 is 0 Å². The van der Waals surface area contributed by atoms with Gasteiger partial charge >= 0.3 is 0 Å². The number of halogens is 2. The van der Waals surface area contributed by atoms with E-state index in [-0.39, 0.29) is 0 Å². The van der Waals surface area contributed by atoms with Crippen molar-refractivity contribution in [1.29, 1.82) is 0 Å². The van der Waals surface area contributed by atoms with Crippen LogP contribution >= 0.6 is 23.2 Å². The molecule has 2 rings (SSSR count). The van der Waals surface area contributed by atoms with Crippen molar-refractivity contribution in [2.24, 2.45) is 0 Å². The van der Waals surface area contributed by atoms with Crippen LogP contribution in [0.25, 0.3) is 11.3 Å². The van der Waals surface area contributed by atoms with Crippen molar-refractivity contribution in [2.45, 2.75) is 0 Å². The summed E-state index contributed by atoms with van der Waals surface area (Å²) in [4.78, 5) is 7.94. The third-order valence-electron chi connectivity index (χ3n) is 1.70. The average Bonchev–Trinajstić information content (AvgIpc) is 2.19. The number of hydrogen-bond acceptors (Lipinski definition) is 2. The van der Waals surface area contributed by atoms with Crippen molar-refractivity contribution in [3.8, 4) is 11.3 Å². The van der Waals surface area contributed by atoms with E-state index in [0.29, 0.717) is 15.7 Å². The van der Waals surface area contributed by atoms with Crippen LogP contribution in [0.5, 0.6) is 0 Å². The lowest BCUT2D eigenvalue weighted by molar-refractivity contribution is 1.19. The highest BCUT2D eigenvalue weighted by Gasteiger charge is 2.04. The lowest BCUT2D eigenvalue weighted by Crippen LogP contribution is -1.85. The molecule has 0 unspecified atom stereocenters. The molecule has 0 bridgehead atoms. The molecule has 1 heterocycles. The normalized spacial score (nSPS) is 10.1. The van der Waals surface area contributed by atoms with Gasteiger partial charge in [-0.25, -0.2) is 0 Å². The molecular weight excluding hydrogens is 219 g/mol. The molecule has 4 heteroatoms. The summed E-state index contributed by atoms with van der Waals surface area (Å²) in [6, 6.07) is 5.22. The quantitative estimate of drug-likeness (QED) is 0.742. The molecule has 14 heavy (non-hydrogen) atoms. The van der Waals surface area contributed by atoms with E-state index in [1.165, 1.54) is 0 Å². The second-order valence-electron chi connectivity index (χ2n) is 2.64. The van der Waals surface area contributed by atoms with Crippen molar-refractivity contribution in [3.63, 3.8) is 0 Å². The monoisotopic (exact) mass is 223 g/mol. The van der Waals surface area contributed by atoms with Crippen LogP contribution in [0.2, 0.25) is 10.0 Å². The molecule has 0 saturated carbocycles. The summed E-state index contributed by atoms with van der Waals surface area (Å²) in [6.07, 6.45) is 5.91. The first-order valence-electron chi connectivity index (χ1n) is 3.91. The van der Waals surface area contributed by atoms with E-state index in [4.69, 9.17) is 23.2 Å². The molecule has 0 saturated heterocycles. The summed E-state index contributed by atoms with van der Waals surface area (Å²) in [5, 5.41) is 1.15. The summed E-state index contributed by atoms with van der Waals surface area (Å²) in [7, 11) is 0. The largest absolute Gasteiger partial charge is 0.252 e. The predicted molar refractivity (Wildman–Crippen MR) is 56.3 cm³/mol. The minimum absolute atomic E-state index is 0.550. The van der Waals surface area contributed by atoms with Gasteiger partial charge in [-0.05, 0) is 18.2 Å². The van der Waals surface area contributed by atoms with Gasteiger partial charge in [0.1, 0.15) is 6.20 Å². The Balaban J connectivity index is 2.53. The maximum absolute atomic E-state index is 5.99. The Morgan fingerprint density at radius 3 is 2.64 bits per heavy atom. The molecule has 0 N–H and O–H groups in total. The van der Waals surface area contributed by atoms with Crippen LogP contribution in [0.4, 0.5) is 0 Å². The zero-order valence-electron chi connectivity index (χ0n) is 7.04. The van der Waals surface area contributed by atoms with Crippen LogP contribution in [0, 0.1) is 6.20 Å². The molecule has 2 aromatic rings. The fourth-order valence-corrected chi connectivity index (χ4v) is 1.58. The molecule has 1 aromatic heterocycles. The van der Waals surface area contributed by atoms with Gasteiger partial charge in [0, 0.05) is 23.0 Å². The lowest BCUT2D eigenvalue weighted by atomic mass is 10.2. The third-order valence-corrected chi connectivity index (χ3v) is 2.25.